The maximum absolute atomic E-state index is 14.3. The van der Waals surface area contributed by atoms with E-state index in [4.69, 9.17) is 39.2 Å². The standard InChI is InChI=1S/C30H21Cl3N2O3/c31-20-10-7-17(8-11-20)29-28-24(15-19(16-26(28)36)27-6-3-13-38-27)34-23-4-1-2-5-25(23)35(29)30(37)18-9-12-21(32)22(33)14-18/h1-14,19,29,34H,15-16H2. The molecule has 5 nitrogen and oxygen atoms in total. The van der Waals surface area contributed by atoms with Crippen LogP contribution in [-0.4, -0.2) is 11.7 Å². The first-order valence-electron chi connectivity index (χ1n) is 12.1. The number of halogens is 3. The number of carbonyl (C=O) groups excluding carboxylic acids is 2. The monoisotopic (exact) mass is 562 g/mol. The van der Waals surface area contributed by atoms with Crippen LogP contribution in [0.15, 0.2) is 101 Å². The van der Waals surface area contributed by atoms with Gasteiger partial charge in [0.05, 0.1) is 33.7 Å². The molecule has 2 unspecified atom stereocenters. The van der Waals surface area contributed by atoms with E-state index in [2.05, 4.69) is 5.32 Å². The summed E-state index contributed by atoms with van der Waals surface area (Å²) in [6.07, 6.45) is 2.44. The third-order valence-corrected chi connectivity index (χ3v) is 8.00. The number of allylic oxidation sites excluding steroid dienone is 1. The Morgan fingerprint density at radius 3 is 2.42 bits per heavy atom. The Morgan fingerprint density at radius 1 is 0.895 bits per heavy atom. The van der Waals surface area contributed by atoms with Gasteiger partial charge in [-0.1, -0.05) is 59.1 Å². The lowest BCUT2D eigenvalue weighted by Gasteiger charge is -2.35. The van der Waals surface area contributed by atoms with Crippen molar-refractivity contribution in [3.05, 3.63) is 128 Å². The molecule has 6 rings (SSSR count). The molecule has 1 N–H and O–H groups in total. The van der Waals surface area contributed by atoms with Gasteiger partial charge in [0.15, 0.2) is 5.78 Å². The average Bonchev–Trinajstić information content (AvgIpc) is 3.41. The molecule has 0 saturated carbocycles. The van der Waals surface area contributed by atoms with E-state index in [9.17, 15) is 9.59 Å². The number of nitrogens with one attached hydrogen (secondary N) is 1. The average molecular weight is 564 g/mol. The Bertz CT molecular complexity index is 1580. The molecule has 38 heavy (non-hydrogen) atoms. The van der Waals surface area contributed by atoms with Gasteiger partial charge in [0.1, 0.15) is 5.76 Å². The van der Waals surface area contributed by atoms with E-state index in [-0.39, 0.29) is 29.1 Å². The quantitative estimate of drug-likeness (QED) is 0.272. The predicted octanol–water partition coefficient (Wildman–Crippen LogP) is 8.45. The number of rotatable bonds is 3. The second-order valence-electron chi connectivity index (χ2n) is 9.34. The number of ketones is 1. The summed E-state index contributed by atoms with van der Waals surface area (Å²) in [6.45, 7) is 0. The van der Waals surface area contributed by atoms with Crippen molar-refractivity contribution in [3.8, 4) is 0 Å². The van der Waals surface area contributed by atoms with Crippen molar-refractivity contribution < 1.29 is 14.0 Å². The first kappa shape index (κ1) is 24.8. The van der Waals surface area contributed by atoms with Gasteiger partial charge in [-0.3, -0.25) is 14.5 Å². The third kappa shape index (κ3) is 4.41. The van der Waals surface area contributed by atoms with Crippen LogP contribution in [0.3, 0.4) is 0 Å². The summed E-state index contributed by atoms with van der Waals surface area (Å²) in [5, 5.41) is 4.69. The van der Waals surface area contributed by atoms with Gasteiger partial charge < -0.3 is 9.73 Å². The molecule has 1 aliphatic carbocycles. The number of amides is 1. The van der Waals surface area contributed by atoms with Crippen molar-refractivity contribution in [1.29, 1.82) is 0 Å². The molecule has 0 radical (unpaired) electrons. The Kier molecular flexibility index (Phi) is 6.52. The highest BCUT2D eigenvalue weighted by molar-refractivity contribution is 6.42. The fraction of sp³-hybridized carbons (Fsp3) is 0.133. The van der Waals surface area contributed by atoms with Gasteiger partial charge in [-0.25, -0.2) is 0 Å². The minimum Gasteiger partial charge on any atom is -0.469 e. The molecule has 1 amide bonds. The number of hydrogen-bond acceptors (Lipinski definition) is 4. The fourth-order valence-electron chi connectivity index (χ4n) is 5.27. The lowest BCUT2D eigenvalue weighted by Crippen LogP contribution is -2.38. The van der Waals surface area contributed by atoms with E-state index >= 15 is 0 Å². The molecule has 0 fully saturated rings. The smallest absolute Gasteiger partial charge is 0.259 e. The minimum absolute atomic E-state index is 0.0557. The van der Waals surface area contributed by atoms with Crippen molar-refractivity contribution in [3.63, 3.8) is 0 Å². The van der Waals surface area contributed by atoms with Crippen LogP contribution in [0.4, 0.5) is 11.4 Å². The number of nitrogens with zero attached hydrogens (tertiary/aromatic N) is 1. The first-order chi connectivity index (χ1) is 18.4. The molecule has 2 atom stereocenters. The van der Waals surface area contributed by atoms with Crippen molar-refractivity contribution in [2.24, 2.45) is 0 Å². The minimum atomic E-state index is -0.703. The molecule has 8 heteroatoms. The molecule has 2 heterocycles. The molecule has 0 bridgehead atoms. The zero-order chi connectivity index (χ0) is 26.4. The topological polar surface area (TPSA) is 62.6 Å². The van der Waals surface area contributed by atoms with Gasteiger partial charge in [-0.15, -0.1) is 0 Å². The van der Waals surface area contributed by atoms with Crippen molar-refractivity contribution in [2.75, 3.05) is 10.2 Å². The number of anilines is 2. The van der Waals surface area contributed by atoms with E-state index in [1.54, 1.807) is 41.5 Å². The van der Waals surface area contributed by atoms with Crippen LogP contribution in [-0.2, 0) is 4.79 Å². The van der Waals surface area contributed by atoms with E-state index in [0.29, 0.717) is 33.3 Å². The summed E-state index contributed by atoms with van der Waals surface area (Å²) >= 11 is 18.7. The zero-order valence-electron chi connectivity index (χ0n) is 20.0. The highest BCUT2D eigenvalue weighted by Crippen LogP contribution is 2.48. The van der Waals surface area contributed by atoms with Gasteiger partial charge in [0.2, 0.25) is 0 Å². The number of hydrogen-bond donors (Lipinski definition) is 1. The van der Waals surface area contributed by atoms with Crippen LogP contribution in [0.25, 0.3) is 0 Å². The van der Waals surface area contributed by atoms with E-state index in [0.717, 1.165) is 22.7 Å². The maximum atomic E-state index is 14.3. The second kappa shape index (κ2) is 9.99. The van der Waals surface area contributed by atoms with Gasteiger partial charge in [0.25, 0.3) is 5.91 Å². The van der Waals surface area contributed by atoms with E-state index in [1.165, 1.54) is 0 Å². The van der Waals surface area contributed by atoms with Gasteiger partial charge >= 0.3 is 0 Å². The van der Waals surface area contributed by atoms with E-state index < -0.39 is 6.04 Å². The Labute approximate surface area is 234 Å². The van der Waals surface area contributed by atoms with Crippen LogP contribution >= 0.6 is 34.8 Å². The highest BCUT2D eigenvalue weighted by Gasteiger charge is 2.42. The molecule has 190 valence electrons. The molecular weight excluding hydrogens is 543 g/mol. The van der Waals surface area contributed by atoms with Crippen LogP contribution in [0.1, 0.15) is 46.5 Å². The lowest BCUT2D eigenvalue weighted by molar-refractivity contribution is -0.116. The summed E-state index contributed by atoms with van der Waals surface area (Å²) in [7, 11) is 0. The molecule has 0 spiro atoms. The normalized spacial score (nSPS) is 18.9. The predicted molar refractivity (Wildman–Crippen MR) is 150 cm³/mol. The van der Waals surface area contributed by atoms with Crippen molar-refractivity contribution in [2.45, 2.75) is 24.8 Å². The van der Waals surface area contributed by atoms with Gasteiger partial charge in [0, 0.05) is 34.2 Å². The largest absolute Gasteiger partial charge is 0.469 e. The Hall–Kier alpha value is -3.51. The van der Waals surface area contributed by atoms with Gasteiger partial charge in [-0.2, -0.15) is 0 Å². The highest BCUT2D eigenvalue weighted by atomic mass is 35.5. The number of furan rings is 1. The van der Waals surface area contributed by atoms with Crippen molar-refractivity contribution >= 4 is 57.9 Å². The number of carbonyl (C=O) groups is 2. The fourth-order valence-corrected chi connectivity index (χ4v) is 5.69. The Balaban J connectivity index is 1.57. The molecule has 1 aliphatic heterocycles. The first-order valence-corrected chi connectivity index (χ1v) is 13.2. The van der Waals surface area contributed by atoms with Crippen LogP contribution in [0, 0.1) is 0 Å². The summed E-state index contributed by atoms with van der Waals surface area (Å²) in [5.74, 6) is 0.280. The third-order valence-electron chi connectivity index (χ3n) is 7.01. The molecule has 1 aromatic heterocycles. The zero-order valence-corrected chi connectivity index (χ0v) is 22.2. The van der Waals surface area contributed by atoms with E-state index in [1.807, 2.05) is 48.5 Å². The van der Waals surface area contributed by atoms with Gasteiger partial charge in [-0.05, 0) is 66.6 Å². The molecule has 2 aliphatic rings. The summed E-state index contributed by atoms with van der Waals surface area (Å²) in [6, 6.07) is 22.6. The summed E-state index contributed by atoms with van der Waals surface area (Å²) in [5.41, 5.74) is 3.78. The van der Waals surface area contributed by atoms with Crippen LogP contribution in [0.5, 0.6) is 0 Å². The second-order valence-corrected chi connectivity index (χ2v) is 10.6. The number of fused-ring (bicyclic) bond motifs is 1. The lowest BCUT2D eigenvalue weighted by atomic mass is 9.80. The summed E-state index contributed by atoms with van der Waals surface area (Å²) < 4.78 is 5.66. The van der Waals surface area contributed by atoms with Crippen molar-refractivity contribution in [1.82, 2.24) is 0 Å². The number of Topliss-reactive ketones (excluding diaryl/α,β-unsaturated/α-hetero) is 1. The number of para-hydroxylation sites is 2. The number of benzene rings is 3. The molecule has 3 aromatic carbocycles. The summed E-state index contributed by atoms with van der Waals surface area (Å²) in [4.78, 5) is 29.9. The maximum Gasteiger partial charge on any atom is 0.259 e. The molecule has 0 saturated heterocycles. The SMILES string of the molecule is O=C1CC(c2ccco2)CC2=C1C(c1ccc(Cl)cc1)N(C(=O)c1ccc(Cl)c(Cl)c1)c1ccccc1N2. The molecule has 4 aromatic rings. The molecular formula is C30H21Cl3N2O3. The van der Waals surface area contributed by atoms with Crippen LogP contribution < -0.4 is 10.2 Å². The Morgan fingerprint density at radius 2 is 1.68 bits per heavy atom. The van der Waals surface area contributed by atoms with Crippen LogP contribution in [0.2, 0.25) is 15.1 Å².